The molecule has 1 saturated carbocycles. The third-order valence-electron chi connectivity index (χ3n) is 5.61. The van der Waals surface area contributed by atoms with E-state index in [4.69, 9.17) is 0 Å². The summed E-state index contributed by atoms with van der Waals surface area (Å²) in [5.41, 5.74) is 3.05. The van der Waals surface area contributed by atoms with Crippen molar-refractivity contribution in [2.24, 2.45) is 11.8 Å². The predicted octanol–water partition coefficient (Wildman–Crippen LogP) is 3.70. The highest BCUT2D eigenvalue weighted by atomic mass is 16.2. The van der Waals surface area contributed by atoms with Crippen LogP contribution in [-0.2, 0) is 9.59 Å². The summed E-state index contributed by atoms with van der Waals surface area (Å²) in [6.07, 6.45) is 2.99. The van der Waals surface area contributed by atoms with E-state index in [1.54, 1.807) is 24.3 Å². The summed E-state index contributed by atoms with van der Waals surface area (Å²) in [5.74, 6) is -1.02. The SMILES string of the molecule is CC(=O)c1cccc(NC(=O)C2CC2C(=O)Nc2ccc(N3CCCC3)cc2)c1. The van der Waals surface area contributed by atoms with Crippen LogP contribution in [0.5, 0.6) is 0 Å². The zero-order valence-electron chi connectivity index (χ0n) is 16.5. The summed E-state index contributed by atoms with van der Waals surface area (Å²) in [6, 6.07) is 14.7. The number of nitrogens with zero attached hydrogens (tertiary/aromatic N) is 1. The molecule has 2 aromatic carbocycles. The van der Waals surface area contributed by atoms with Crippen LogP contribution in [0.3, 0.4) is 0 Å². The van der Waals surface area contributed by atoms with E-state index in [0.29, 0.717) is 17.7 Å². The Hall–Kier alpha value is -3.15. The third-order valence-corrected chi connectivity index (χ3v) is 5.61. The summed E-state index contributed by atoms with van der Waals surface area (Å²) in [6.45, 7) is 3.65. The van der Waals surface area contributed by atoms with Crippen LogP contribution in [0.2, 0.25) is 0 Å². The molecule has 29 heavy (non-hydrogen) atoms. The molecule has 6 heteroatoms. The topological polar surface area (TPSA) is 78.5 Å². The van der Waals surface area contributed by atoms with Crippen LogP contribution in [0, 0.1) is 11.8 Å². The summed E-state index contributed by atoms with van der Waals surface area (Å²) in [5, 5.41) is 5.72. The van der Waals surface area contributed by atoms with Gasteiger partial charge in [0.2, 0.25) is 11.8 Å². The molecule has 2 atom stereocenters. The Balaban J connectivity index is 1.30. The van der Waals surface area contributed by atoms with E-state index in [1.165, 1.54) is 25.5 Å². The highest BCUT2D eigenvalue weighted by Gasteiger charge is 2.48. The van der Waals surface area contributed by atoms with Crippen LogP contribution in [0.25, 0.3) is 0 Å². The third kappa shape index (κ3) is 4.47. The van der Waals surface area contributed by atoms with Gasteiger partial charge in [-0.05, 0) is 62.6 Å². The molecule has 4 rings (SSSR count). The largest absolute Gasteiger partial charge is 0.372 e. The van der Waals surface area contributed by atoms with Gasteiger partial charge in [-0.3, -0.25) is 14.4 Å². The molecule has 2 fully saturated rings. The van der Waals surface area contributed by atoms with Crippen molar-refractivity contribution in [3.63, 3.8) is 0 Å². The Morgan fingerprint density at radius 3 is 2.10 bits per heavy atom. The van der Waals surface area contributed by atoms with E-state index in [1.807, 2.05) is 24.3 Å². The van der Waals surface area contributed by atoms with Crippen LogP contribution in [-0.4, -0.2) is 30.7 Å². The van der Waals surface area contributed by atoms with Crippen LogP contribution >= 0.6 is 0 Å². The minimum absolute atomic E-state index is 0.0551. The number of anilines is 3. The Kier molecular flexibility index (Phi) is 5.34. The molecule has 1 saturated heterocycles. The van der Waals surface area contributed by atoms with Gasteiger partial charge >= 0.3 is 0 Å². The number of ketones is 1. The van der Waals surface area contributed by atoms with E-state index in [0.717, 1.165) is 18.8 Å². The molecule has 1 aliphatic carbocycles. The number of carbonyl (C=O) groups is 3. The van der Waals surface area contributed by atoms with E-state index in [-0.39, 0.29) is 29.4 Å². The van der Waals surface area contributed by atoms with Crippen molar-refractivity contribution in [2.45, 2.75) is 26.2 Å². The van der Waals surface area contributed by atoms with Gasteiger partial charge in [0.25, 0.3) is 0 Å². The van der Waals surface area contributed by atoms with Gasteiger partial charge in [-0.1, -0.05) is 12.1 Å². The van der Waals surface area contributed by atoms with E-state index in [9.17, 15) is 14.4 Å². The van der Waals surface area contributed by atoms with Crippen molar-refractivity contribution in [3.8, 4) is 0 Å². The van der Waals surface area contributed by atoms with Gasteiger partial charge in [-0.15, -0.1) is 0 Å². The molecule has 2 aliphatic rings. The normalized spacial score (nSPS) is 20.2. The number of Topliss-reactive ketones (excluding diaryl/α,β-unsaturated/α-hetero) is 1. The van der Waals surface area contributed by atoms with Gasteiger partial charge in [0.1, 0.15) is 0 Å². The van der Waals surface area contributed by atoms with Crippen LogP contribution in [0.1, 0.15) is 36.5 Å². The van der Waals surface area contributed by atoms with Crippen molar-refractivity contribution in [3.05, 3.63) is 54.1 Å². The Bertz CT molecular complexity index is 933. The fraction of sp³-hybridized carbons (Fsp3) is 0.348. The molecule has 1 heterocycles. The minimum atomic E-state index is -0.333. The van der Waals surface area contributed by atoms with Gasteiger partial charge in [-0.2, -0.15) is 0 Å². The number of rotatable bonds is 6. The molecule has 2 N–H and O–H groups in total. The standard InChI is InChI=1S/C23H25N3O3/c1-15(27)16-5-4-6-18(13-16)25-23(29)21-14-20(21)22(28)24-17-7-9-19(10-8-17)26-11-2-3-12-26/h4-10,13,20-21H,2-3,11-12,14H2,1H3,(H,24,28)(H,25,29). The molecule has 2 amide bonds. The zero-order chi connectivity index (χ0) is 20.4. The van der Waals surface area contributed by atoms with Crippen molar-refractivity contribution in [2.75, 3.05) is 28.6 Å². The summed E-state index contributed by atoms with van der Waals surface area (Å²) in [4.78, 5) is 38.7. The lowest BCUT2D eigenvalue weighted by molar-refractivity contribution is -0.122. The smallest absolute Gasteiger partial charge is 0.228 e. The maximum absolute atomic E-state index is 12.5. The maximum atomic E-state index is 12.5. The molecule has 0 radical (unpaired) electrons. The zero-order valence-corrected chi connectivity index (χ0v) is 16.5. The molecule has 1 aliphatic heterocycles. The number of hydrogen-bond acceptors (Lipinski definition) is 4. The lowest BCUT2D eigenvalue weighted by Crippen LogP contribution is -2.21. The highest BCUT2D eigenvalue weighted by Crippen LogP contribution is 2.40. The average Bonchev–Trinajstić information content (AvgIpc) is 3.35. The van der Waals surface area contributed by atoms with E-state index < -0.39 is 0 Å². The predicted molar refractivity (Wildman–Crippen MR) is 113 cm³/mol. The number of nitrogens with one attached hydrogen (secondary N) is 2. The molecule has 0 bridgehead atoms. The van der Waals surface area contributed by atoms with Crippen molar-refractivity contribution in [1.82, 2.24) is 0 Å². The number of benzene rings is 2. The molecule has 2 aromatic rings. The van der Waals surface area contributed by atoms with Gasteiger partial charge < -0.3 is 15.5 Å². The molecular weight excluding hydrogens is 366 g/mol. The second-order valence-corrected chi connectivity index (χ2v) is 7.81. The lowest BCUT2D eigenvalue weighted by Gasteiger charge is -2.17. The lowest BCUT2D eigenvalue weighted by atomic mass is 10.1. The molecule has 0 aromatic heterocycles. The van der Waals surface area contributed by atoms with E-state index >= 15 is 0 Å². The quantitative estimate of drug-likeness (QED) is 0.736. The number of carbonyl (C=O) groups excluding carboxylic acids is 3. The van der Waals surface area contributed by atoms with Gasteiger partial charge in [0.15, 0.2) is 5.78 Å². The van der Waals surface area contributed by atoms with Crippen molar-refractivity contribution >= 4 is 34.7 Å². The second kappa shape index (κ2) is 8.07. The highest BCUT2D eigenvalue weighted by molar-refractivity contribution is 6.04. The van der Waals surface area contributed by atoms with Crippen LogP contribution in [0.4, 0.5) is 17.1 Å². The Morgan fingerprint density at radius 1 is 0.862 bits per heavy atom. The molecule has 2 unspecified atom stereocenters. The van der Waals surface area contributed by atoms with Gasteiger partial charge in [-0.25, -0.2) is 0 Å². The molecule has 6 nitrogen and oxygen atoms in total. The van der Waals surface area contributed by atoms with Crippen LogP contribution in [0.15, 0.2) is 48.5 Å². The molecular formula is C23H25N3O3. The maximum Gasteiger partial charge on any atom is 0.228 e. The number of amides is 2. The molecule has 0 spiro atoms. The van der Waals surface area contributed by atoms with Crippen molar-refractivity contribution < 1.29 is 14.4 Å². The summed E-state index contributed by atoms with van der Waals surface area (Å²) >= 11 is 0. The monoisotopic (exact) mass is 391 g/mol. The van der Waals surface area contributed by atoms with Crippen molar-refractivity contribution in [1.29, 1.82) is 0 Å². The fourth-order valence-electron chi connectivity index (χ4n) is 3.79. The first kappa shape index (κ1) is 19.2. The Morgan fingerprint density at radius 2 is 1.48 bits per heavy atom. The summed E-state index contributed by atoms with van der Waals surface area (Å²) in [7, 11) is 0. The Labute approximate surface area is 170 Å². The first-order chi connectivity index (χ1) is 14.0. The first-order valence-electron chi connectivity index (χ1n) is 10.1. The first-order valence-corrected chi connectivity index (χ1v) is 10.1. The molecule has 150 valence electrons. The van der Waals surface area contributed by atoms with Crippen LogP contribution < -0.4 is 15.5 Å². The fourth-order valence-corrected chi connectivity index (χ4v) is 3.79. The van der Waals surface area contributed by atoms with Gasteiger partial charge in [0, 0.05) is 35.7 Å². The summed E-state index contributed by atoms with van der Waals surface area (Å²) < 4.78 is 0. The van der Waals surface area contributed by atoms with Gasteiger partial charge in [0.05, 0.1) is 11.8 Å². The average molecular weight is 391 g/mol. The minimum Gasteiger partial charge on any atom is -0.372 e. The van der Waals surface area contributed by atoms with E-state index in [2.05, 4.69) is 15.5 Å². The second-order valence-electron chi connectivity index (χ2n) is 7.81. The number of hydrogen-bond donors (Lipinski definition) is 2.